The predicted octanol–water partition coefficient (Wildman–Crippen LogP) is 3.56. The van der Waals surface area contributed by atoms with Crippen molar-refractivity contribution in [2.24, 2.45) is 0 Å². The summed E-state index contributed by atoms with van der Waals surface area (Å²) in [5.41, 5.74) is 1.30. The number of nitrogens with one attached hydrogen (secondary N) is 1. The molecule has 0 bridgehead atoms. The molecular weight excluding hydrogens is 234 g/mol. The number of benzene rings is 1. The number of hydrogen-bond acceptors (Lipinski definition) is 2. The van der Waals surface area contributed by atoms with E-state index in [1.165, 1.54) is 18.4 Å². The topological polar surface area (TPSA) is 21.3 Å². The van der Waals surface area contributed by atoms with Gasteiger partial charge in [0.05, 0.1) is 6.10 Å². The van der Waals surface area contributed by atoms with Crippen LogP contribution in [0.5, 0.6) is 0 Å². The number of rotatable bonds is 5. The lowest BCUT2D eigenvalue weighted by Gasteiger charge is -2.18. The predicted molar refractivity (Wildman–Crippen MR) is 71.5 cm³/mol. The molecule has 0 aliphatic carbocycles. The molecule has 0 radical (unpaired) electrons. The molecule has 1 aliphatic rings. The average molecular weight is 254 g/mol. The van der Waals surface area contributed by atoms with Crippen LogP contribution < -0.4 is 5.32 Å². The minimum absolute atomic E-state index is 0.400. The Hall–Kier alpha value is -0.570. The van der Waals surface area contributed by atoms with Crippen molar-refractivity contribution in [1.82, 2.24) is 5.32 Å². The van der Waals surface area contributed by atoms with Crippen LogP contribution in [0.3, 0.4) is 0 Å². The van der Waals surface area contributed by atoms with E-state index in [4.69, 9.17) is 16.3 Å². The van der Waals surface area contributed by atoms with Gasteiger partial charge in [0.25, 0.3) is 0 Å². The molecule has 1 fully saturated rings. The Morgan fingerprint density at radius 3 is 2.76 bits per heavy atom. The molecule has 1 aromatic rings. The summed E-state index contributed by atoms with van der Waals surface area (Å²) in [6, 6.07) is 8.50. The van der Waals surface area contributed by atoms with E-state index >= 15 is 0 Å². The second-order valence-corrected chi connectivity index (χ2v) is 5.04. The maximum atomic E-state index is 5.90. The molecule has 17 heavy (non-hydrogen) atoms. The van der Waals surface area contributed by atoms with Gasteiger partial charge in [0.15, 0.2) is 0 Å². The van der Waals surface area contributed by atoms with Gasteiger partial charge in [-0.2, -0.15) is 0 Å². The summed E-state index contributed by atoms with van der Waals surface area (Å²) in [7, 11) is 2.01. The molecule has 2 unspecified atom stereocenters. The Kier molecular flexibility index (Phi) is 4.84. The van der Waals surface area contributed by atoms with Crippen molar-refractivity contribution < 1.29 is 4.74 Å². The summed E-state index contributed by atoms with van der Waals surface area (Å²) < 4.78 is 5.65. The molecule has 0 spiro atoms. The van der Waals surface area contributed by atoms with E-state index in [1.54, 1.807) is 0 Å². The second kappa shape index (κ2) is 6.39. The van der Waals surface area contributed by atoms with E-state index in [-0.39, 0.29) is 0 Å². The standard InChI is InChI=1S/C14H20ClNO/c1-16-14(9-8-13-3-2-10-17-13)11-4-6-12(15)7-5-11/h4-7,13-14,16H,2-3,8-10H2,1H3. The highest BCUT2D eigenvalue weighted by Crippen LogP contribution is 2.24. The highest BCUT2D eigenvalue weighted by molar-refractivity contribution is 6.30. The summed E-state index contributed by atoms with van der Waals surface area (Å²) in [6.45, 7) is 0.940. The van der Waals surface area contributed by atoms with E-state index in [9.17, 15) is 0 Å². The van der Waals surface area contributed by atoms with Crippen molar-refractivity contribution in [3.63, 3.8) is 0 Å². The third-order valence-electron chi connectivity index (χ3n) is 3.42. The maximum absolute atomic E-state index is 5.90. The van der Waals surface area contributed by atoms with Gasteiger partial charge in [0.1, 0.15) is 0 Å². The molecule has 2 nitrogen and oxygen atoms in total. The quantitative estimate of drug-likeness (QED) is 0.866. The zero-order valence-corrected chi connectivity index (χ0v) is 11.0. The van der Waals surface area contributed by atoms with Gasteiger partial charge in [-0.15, -0.1) is 0 Å². The molecule has 1 aliphatic heterocycles. The van der Waals surface area contributed by atoms with Crippen LogP contribution in [0.1, 0.15) is 37.3 Å². The van der Waals surface area contributed by atoms with E-state index in [2.05, 4.69) is 17.4 Å². The third kappa shape index (κ3) is 3.70. The average Bonchev–Trinajstić information content (AvgIpc) is 2.85. The van der Waals surface area contributed by atoms with E-state index in [1.807, 2.05) is 19.2 Å². The van der Waals surface area contributed by atoms with Gasteiger partial charge >= 0.3 is 0 Å². The lowest BCUT2D eigenvalue weighted by Crippen LogP contribution is -2.18. The lowest BCUT2D eigenvalue weighted by atomic mass is 9.99. The van der Waals surface area contributed by atoms with Gasteiger partial charge in [-0.05, 0) is 50.4 Å². The minimum atomic E-state index is 0.400. The maximum Gasteiger partial charge on any atom is 0.0576 e. The van der Waals surface area contributed by atoms with Crippen LogP contribution in [-0.4, -0.2) is 19.8 Å². The second-order valence-electron chi connectivity index (χ2n) is 4.61. The SMILES string of the molecule is CNC(CCC1CCCO1)c1ccc(Cl)cc1. The van der Waals surface area contributed by atoms with Gasteiger partial charge in [-0.3, -0.25) is 0 Å². The van der Waals surface area contributed by atoms with Crippen molar-refractivity contribution in [3.05, 3.63) is 34.9 Å². The number of hydrogen-bond donors (Lipinski definition) is 1. The highest BCUT2D eigenvalue weighted by atomic mass is 35.5. The molecule has 3 heteroatoms. The Labute approximate surface area is 108 Å². The van der Waals surface area contributed by atoms with E-state index in [0.717, 1.165) is 24.5 Å². The molecule has 2 rings (SSSR count). The summed E-state index contributed by atoms with van der Waals surface area (Å²) in [5.74, 6) is 0. The Morgan fingerprint density at radius 2 is 2.18 bits per heavy atom. The molecule has 2 atom stereocenters. The van der Waals surface area contributed by atoms with Crippen LogP contribution in [-0.2, 0) is 4.74 Å². The van der Waals surface area contributed by atoms with E-state index in [0.29, 0.717) is 12.1 Å². The molecule has 0 amide bonds. The van der Waals surface area contributed by atoms with Crippen LogP contribution >= 0.6 is 11.6 Å². The Bertz CT molecular complexity index is 333. The minimum Gasteiger partial charge on any atom is -0.378 e. The first-order valence-corrected chi connectivity index (χ1v) is 6.71. The molecule has 1 heterocycles. The first kappa shape index (κ1) is 12.9. The Morgan fingerprint density at radius 1 is 1.41 bits per heavy atom. The van der Waals surface area contributed by atoms with Crippen LogP contribution in [0.2, 0.25) is 5.02 Å². The zero-order valence-electron chi connectivity index (χ0n) is 10.3. The molecule has 1 saturated heterocycles. The smallest absolute Gasteiger partial charge is 0.0576 e. The van der Waals surface area contributed by atoms with Gasteiger partial charge in [0.2, 0.25) is 0 Å². The van der Waals surface area contributed by atoms with Gasteiger partial charge in [-0.1, -0.05) is 23.7 Å². The lowest BCUT2D eigenvalue weighted by molar-refractivity contribution is 0.0998. The van der Waals surface area contributed by atoms with Crippen LogP contribution in [0.4, 0.5) is 0 Å². The largest absolute Gasteiger partial charge is 0.378 e. The normalized spacial score (nSPS) is 21.6. The van der Waals surface area contributed by atoms with Crippen molar-refractivity contribution in [2.45, 2.75) is 37.8 Å². The zero-order chi connectivity index (χ0) is 12.1. The molecule has 0 saturated carbocycles. The van der Waals surface area contributed by atoms with Crippen molar-refractivity contribution >= 4 is 11.6 Å². The van der Waals surface area contributed by atoms with Crippen molar-refractivity contribution in [3.8, 4) is 0 Å². The van der Waals surface area contributed by atoms with E-state index < -0.39 is 0 Å². The van der Waals surface area contributed by atoms with Crippen molar-refractivity contribution in [2.75, 3.05) is 13.7 Å². The monoisotopic (exact) mass is 253 g/mol. The fraction of sp³-hybridized carbons (Fsp3) is 0.571. The Balaban J connectivity index is 1.89. The first-order valence-electron chi connectivity index (χ1n) is 6.34. The summed E-state index contributed by atoms with van der Waals surface area (Å²) >= 11 is 5.90. The van der Waals surface area contributed by atoms with Gasteiger partial charge in [-0.25, -0.2) is 0 Å². The fourth-order valence-electron chi connectivity index (χ4n) is 2.40. The highest BCUT2D eigenvalue weighted by Gasteiger charge is 2.17. The summed E-state index contributed by atoms with van der Waals surface area (Å²) in [4.78, 5) is 0. The summed E-state index contributed by atoms with van der Waals surface area (Å²) in [5, 5.41) is 4.16. The molecule has 0 aromatic heterocycles. The first-order chi connectivity index (χ1) is 8.29. The van der Waals surface area contributed by atoms with Gasteiger partial charge < -0.3 is 10.1 Å². The number of halogens is 1. The van der Waals surface area contributed by atoms with Crippen LogP contribution in [0.15, 0.2) is 24.3 Å². The van der Waals surface area contributed by atoms with Gasteiger partial charge in [0, 0.05) is 17.7 Å². The summed E-state index contributed by atoms with van der Waals surface area (Å²) in [6.07, 6.45) is 5.15. The molecular formula is C14H20ClNO. The van der Waals surface area contributed by atoms with Crippen LogP contribution in [0.25, 0.3) is 0 Å². The third-order valence-corrected chi connectivity index (χ3v) is 3.67. The van der Waals surface area contributed by atoms with Crippen LogP contribution in [0, 0.1) is 0 Å². The van der Waals surface area contributed by atoms with Crippen molar-refractivity contribution in [1.29, 1.82) is 0 Å². The molecule has 1 aromatic carbocycles. The number of ether oxygens (including phenoxy) is 1. The molecule has 1 N–H and O–H groups in total. The fourth-order valence-corrected chi connectivity index (χ4v) is 2.52. The molecule has 94 valence electrons.